The summed E-state index contributed by atoms with van der Waals surface area (Å²) in [6.07, 6.45) is 8.43. The van der Waals surface area contributed by atoms with E-state index in [4.69, 9.17) is 4.52 Å². The first-order chi connectivity index (χ1) is 17.7. The summed E-state index contributed by atoms with van der Waals surface area (Å²) in [5, 5.41) is 11.1. The number of rotatable bonds is 6. The first-order valence-corrected chi connectivity index (χ1v) is 12.3. The summed E-state index contributed by atoms with van der Waals surface area (Å²) in [7, 11) is 1.81. The van der Waals surface area contributed by atoms with Gasteiger partial charge in [-0.3, -0.25) is 9.48 Å². The number of ketones is 1. The third-order valence-electron chi connectivity index (χ3n) is 6.44. The van der Waals surface area contributed by atoms with Crippen LogP contribution in [0.1, 0.15) is 80.0 Å². The Morgan fingerprint density at radius 1 is 1.22 bits per heavy atom. The minimum absolute atomic E-state index is 0.0756. The topological polar surface area (TPSA) is 125 Å². The second kappa shape index (κ2) is 9.79. The SMILES string of the molecule is Cn1cc(Nc2ncnc(-c3cc4c(cc3F)[C@H](CC(=O)c3noc(C(C)(C)C)n3)CCCC4)n2)cn1. The number of carbonyl (C=O) groups is 1. The number of aromatic nitrogens is 7. The Balaban J connectivity index is 1.40. The molecule has 0 amide bonds. The summed E-state index contributed by atoms with van der Waals surface area (Å²) in [4.78, 5) is 30.1. The lowest BCUT2D eigenvalue weighted by molar-refractivity contribution is 0.0959. The van der Waals surface area contributed by atoms with E-state index in [9.17, 15) is 4.79 Å². The lowest BCUT2D eigenvalue weighted by atomic mass is 9.87. The molecule has 0 saturated heterocycles. The van der Waals surface area contributed by atoms with Crippen LogP contribution in [-0.2, 0) is 18.9 Å². The van der Waals surface area contributed by atoms with Crippen molar-refractivity contribution in [1.82, 2.24) is 34.9 Å². The molecule has 1 N–H and O–H groups in total. The Hall–Kier alpha value is -4.02. The Morgan fingerprint density at radius 3 is 2.78 bits per heavy atom. The van der Waals surface area contributed by atoms with Crippen molar-refractivity contribution in [2.24, 2.45) is 7.05 Å². The number of aryl methyl sites for hydroxylation is 2. The van der Waals surface area contributed by atoms with Crippen LogP contribution in [0.25, 0.3) is 11.4 Å². The molecule has 3 heterocycles. The molecule has 11 heteroatoms. The number of Topliss-reactive ketones (excluding diaryl/α,β-unsaturated/α-hetero) is 1. The van der Waals surface area contributed by atoms with Crippen LogP contribution in [0, 0.1) is 5.82 Å². The van der Waals surface area contributed by atoms with Crippen LogP contribution in [-0.4, -0.2) is 40.7 Å². The fourth-order valence-corrected chi connectivity index (χ4v) is 4.53. The van der Waals surface area contributed by atoms with Gasteiger partial charge < -0.3 is 9.84 Å². The van der Waals surface area contributed by atoms with Crippen LogP contribution in [0.4, 0.5) is 16.0 Å². The molecule has 0 spiro atoms. The first-order valence-electron chi connectivity index (χ1n) is 12.3. The molecule has 10 nitrogen and oxygen atoms in total. The number of nitrogens with zero attached hydrogens (tertiary/aromatic N) is 7. The van der Waals surface area contributed by atoms with E-state index in [1.165, 1.54) is 12.4 Å². The highest BCUT2D eigenvalue weighted by molar-refractivity contribution is 5.93. The zero-order chi connectivity index (χ0) is 26.2. The maximum absolute atomic E-state index is 15.5. The normalized spacial score (nSPS) is 15.8. The molecule has 0 aliphatic heterocycles. The van der Waals surface area contributed by atoms with Gasteiger partial charge in [0.15, 0.2) is 5.82 Å². The van der Waals surface area contributed by atoms with Crippen LogP contribution in [0.2, 0.25) is 0 Å². The predicted molar refractivity (Wildman–Crippen MR) is 134 cm³/mol. The van der Waals surface area contributed by atoms with Crippen molar-refractivity contribution < 1.29 is 13.7 Å². The van der Waals surface area contributed by atoms with E-state index in [0.29, 0.717) is 23.1 Å². The van der Waals surface area contributed by atoms with Gasteiger partial charge >= 0.3 is 0 Å². The van der Waals surface area contributed by atoms with Crippen LogP contribution in [0.3, 0.4) is 0 Å². The van der Waals surface area contributed by atoms with Gasteiger partial charge in [-0.1, -0.05) is 32.3 Å². The number of fused-ring (bicyclic) bond motifs is 1. The maximum Gasteiger partial charge on any atom is 0.238 e. The number of nitrogens with one attached hydrogen (secondary N) is 1. The zero-order valence-electron chi connectivity index (χ0n) is 21.3. The largest absolute Gasteiger partial charge is 0.338 e. The molecule has 0 unspecified atom stereocenters. The predicted octanol–water partition coefficient (Wildman–Crippen LogP) is 4.92. The highest BCUT2D eigenvalue weighted by Crippen LogP contribution is 2.37. The molecule has 1 aromatic carbocycles. The van der Waals surface area contributed by atoms with Crippen molar-refractivity contribution in [3.8, 4) is 11.4 Å². The van der Waals surface area contributed by atoms with Gasteiger partial charge in [0.05, 0.1) is 17.4 Å². The van der Waals surface area contributed by atoms with Crippen molar-refractivity contribution in [2.45, 2.75) is 64.2 Å². The summed E-state index contributed by atoms with van der Waals surface area (Å²) in [5.74, 6) is 0.252. The monoisotopic (exact) mass is 504 g/mol. The number of carbonyl (C=O) groups excluding carboxylic acids is 1. The standard InChI is InChI=1S/C26H29FN8O2/c1-26(2,3)24-32-23(34-37-24)21(36)10-16-8-6-5-7-15-9-19(20(27)11-18(15)16)22-28-14-29-25(33-22)31-17-12-30-35(4)13-17/h9,11-14,16H,5-8,10H2,1-4H3,(H,28,29,31,33)/t16-/m0/s1. The second-order valence-electron chi connectivity index (χ2n) is 10.4. The molecular weight excluding hydrogens is 475 g/mol. The lowest BCUT2D eigenvalue weighted by Crippen LogP contribution is -2.13. The van der Waals surface area contributed by atoms with Gasteiger partial charge in [-0.2, -0.15) is 15.1 Å². The summed E-state index contributed by atoms with van der Waals surface area (Å²) in [5.41, 5.74) is 2.51. The average molecular weight is 505 g/mol. The third-order valence-corrected chi connectivity index (χ3v) is 6.44. The van der Waals surface area contributed by atoms with Crippen LogP contribution in [0.15, 0.2) is 35.4 Å². The highest BCUT2D eigenvalue weighted by atomic mass is 19.1. The van der Waals surface area contributed by atoms with Gasteiger partial charge in [-0.25, -0.2) is 14.4 Å². The number of benzene rings is 1. The van der Waals surface area contributed by atoms with E-state index < -0.39 is 5.82 Å². The van der Waals surface area contributed by atoms with Crippen molar-refractivity contribution in [3.05, 3.63) is 59.5 Å². The number of hydrogen-bond acceptors (Lipinski definition) is 9. The van der Waals surface area contributed by atoms with Crippen LogP contribution >= 0.6 is 0 Å². The molecule has 1 atom stereocenters. The summed E-state index contributed by atoms with van der Waals surface area (Å²) < 4.78 is 22.4. The molecule has 37 heavy (non-hydrogen) atoms. The molecule has 5 rings (SSSR count). The van der Waals surface area contributed by atoms with E-state index in [0.717, 1.165) is 36.8 Å². The molecule has 4 aromatic rings. The van der Waals surface area contributed by atoms with Crippen molar-refractivity contribution in [1.29, 1.82) is 0 Å². The number of anilines is 2. The van der Waals surface area contributed by atoms with Gasteiger partial charge in [0.2, 0.25) is 23.4 Å². The quantitative estimate of drug-likeness (QED) is 0.288. The Kier molecular flexibility index (Phi) is 6.53. The van der Waals surface area contributed by atoms with Crippen molar-refractivity contribution >= 4 is 17.4 Å². The van der Waals surface area contributed by atoms with Gasteiger partial charge in [-0.15, -0.1) is 0 Å². The first kappa shape index (κ1) is 24.7. The van der Waals surface area contributed by atoms with Gasteiger partial charge in [0, 0.05) is 25.1 Å². The average Bonchev–Trinajstić information content (AvgIpc) is 3.47. The lowest BCUT2D eigenvalue weighted by Gasteiger charge is -2.18. The Morgan fingerprint density at radius 2 is 2.05 bits per heavy atom. The zero-order valence-corrected chi connectivity index (χ0v) is 21.3. The minimum atomic E-state index is -0.439. The minimum Gasteiger partial charge on any atom is -0.338 e. The summed E-state index contributed by atoms with van der Waals surface area (Å²) >= 11 is 0. The smallest absolute Gasteiger partial charge is 0.238 e. The second-order valence-corrected chi connectivity index (χ2v) is 10.4. The van der Waals surface area contributed by atoms with Gasteiger partial charge in [0.1, 0.15) is 12.1 Å². The van der Waals surface area contributed by atoms with Crippen molar-refractivity contribution in [3.63, 3.8) is 0 Å². The van der Waals surface area contributed by atoms with Gasteiger partial charge in [-0.05, 0) is 48.4 Å². The van der Waals surface area contributed by atoms with E-state index in [-0.39, 0.29) is 35.2 Å². The Bertz CT molecular complexity index is 1440. The Labute approximate surface area is 213 Å². The molecule has 1 aliphatic rings. The third kappa shape index (κ3) is 5.40. The molecule has 0 fully saturated rings. The maximum atomic E-state index is 15.5. The molecule has 192 valence electrons. The molecular formula is C26H29FN8O2. The van der Waals surface area contributed by atoms with E-state index in [2.05, 4.69) is 35.5 Å². The molecule has 0 bridgehead atoms. The van der Waals surface area contributed by atoms with Gasteiger partial charge in [0.25, 0.3) is 0 Å². The van der Waals surface area contributed by atoms with E-state index in [1.54, 1.807) is 24.1 Å². The number of hydrogen-bond donors (Lipinski definition) is 1. The molecule has 1 aliphatic carbocycles. The fourth-order valence-electron chi connectivity index (χ4n) is 4.53. The molecule has 3 aromatic heterocycles. The summed E-state index contributed by atoms with van der Waals surface area (Å²) in [6.45, 7) is 5.84. The highest BCUT2D eigenvalue weighted by Gasteiger charge is 2.28. The van der Waals surface area contributed by atoms with Crippen LogP contribution < -0.4 is 5.32 Å². The van der Waals surface area contributed by atoms with Crippen LogP contribution in [0.5, 0.6) is 0 Å². The number of halogens is 1. The molecule has 0 saturated carbocycles. The van der Waals surface area contributed by atoms with E-state index in [1.807, 2.05) is 26.8 Å². The fraction of sp³-hybridized carbons (Fsp3) is 0.423. The van der Waals surface area contributed by atoms with E-state index >= 15 is 4.39 Å². The summed E-state index contributed by atoms with van der Waals surface area (Å²) in [6, 6.07) is 3.34. The molecule has 0 radical (unpaired) electrons. The van der Waals surface area contributed by atoms with Crippen molar-refractivity contribution in [2.75, 3.05) is 5.32 Å².